The molecule has 1 unspecified atom stereocenters. The van der Waals surface area contributed by atoms with Crippen molar-refractivity contribution in [3.63, 3.8) is 0 Å². The van der Waals surface area contributed by atoms with Crippen molar-refractivity contribution in [2.75, 3.05) is 25.0 Å². The number of nitrogens with one attached hydrogen (secondary N) is 1. The molecule has 1 saturated carbocycles. The van der Waals surface area contributed by atoms with Crippen LogP contribution in [0.3, 0.4) is 0 Å². The largest absolute Gasteiger partial charge is 0.494 e. The van der Waals surface area contributed by atoms with Crippen LogP contribution in [0.1, 0.15) is 43.9 Å². The molecule has 6 heteroatoms. The molecular formula is C23H29N3O3. The molecule has 29 heavy (non-hydrogen) atoms. The summed E-state index contributed by atoms with van der Waals surface area (Å²) in [5.74, 6) is 2.74. The van der Waals surface area contributed by atoms with Crippen molar-refractivity contribution < 1.29 is 14.1 Å². The zero-order valence-corrected chi connectivity index (χ0v) is 17.2. The maximum atomic E-state index is 12.5. The van der Waals surface area contributed by atoms with E-state index in [-0.39, 0.29) is 6.03 Å². The lowest BCUT2D eigenvalue weighted by Gasteiger charge is -2.33. The van der Waals surface area contributed by atoms with Crippen molar-refractivity contribution >= 4 is 17.8 Å². The topological polar surface area (TPSA) is 67.6 Å². The number of urea groups is 1. The van der Waals surface area contributed by atoms with Crippen molar-refractivity contribution in [1.82, 2.24) is 10.1 Å². The van der Waals surface area contributed by atoms with E-state index in [0.717, 1.165) is 36.7 Å². The van der Waals surface area contributed by atoms with Gasteiger partial charge in [-0.15, -0.1) is 0 Å². The maximum Gasteiger partial charge on any atom is 0.322 e. The Morgan fingerprint density at radius 1 is 1.41 bits per heavy atom. The molecule has 1 N–H and O–H groups in total. The normalized spacial score (nSPS) is 20.7. The Hall–Kier alpha value is -2.76. The Morgan fingerprint density at radius 2 is 2.28 bits per heavy atom. The van der Waals surface area contributed by atoms with Crippen LogP contribution in [0.15, 0.2) is 40.6 Å². The first-order chi connectivity index (χ1) is 14.1. The zero-order valence-electron chi connectivity index (χ0n) is 17.2. The van der Waals surface area contributed by atoms with Crippen LogP contribution in [-0.2, 0) is 0 Å². The average molecular weight is 396 g/mol. The lowest BCUT2D eigenvalue weighted by atomic mass is 9.91. The number of benzene rings is 1. The summed E-state index contributed by atoms with van der Waals surface area (Å²) in [5.41, 5.74) is 3.15. The fraction of sp³-hybridized carbons (Fsp3) is 0.478. The summed E-state index contributed by atoms with van der Waals surface area (Å²) >= 11 is 0. The molecule has 1 aliphatic carbocycles. The summed E-state index contributed by atoms with van der Waals surface area (Å²) in [6, 6.07) is 8.20. The van der Waals surface area contributed by atoms with Gasteiger partial charge in [0.25, 0.3) is 0 Å². The second-order valence-corrected chi connectivity index (χ2v) is 8.20. The molecule has 0 radical (unpaired) electrons. The van der Waals surface area contributed by atoms with Crippen molar-refractivity contribution in [3.05, 3.63) is 47.4 Å². The Morgan fingerprint density at radius 3 is 3.00 bits per heavy atom. The summed E-state index contributed by atoms with van der Waals surface area (Å²) in [6.07, 6.45) is 8.53. The van der Waals surface area contributed by atoms with E-state index in [0.29, 0.717) is 30.5 Å². The van der Waals surface area contributed by atoms with E-state index < -0.39 is 0 Å². The van der Waals surface area contributed by atoms with Crippen LogP contribution in [0.2, 0.25) is 0 Å². The highest BCUT2D eigenvalue weighted by molar-refractivity contribution is 5.89. The fourth-order valence-electron chi connectivity index (χ4n) is 3.72. The SMILES string of the molecule is Cc1oncc1NC(=O)N1CCC(=Cc2cccc(OCCC3CC3)c2)C(C)C1. The summed E-state index contributed by atoms with van der Waals surface area (Å²) in [6.45, 7) is 6.15. The van der Waals surface area contributed by atoms with Gasteiger partial charge in [-0.05, 0) is 49.3 Å². The summed E-state index contributed by atoms with van der Waals surface area (Å²) in [5, 5.41) is 6.58. The minimum Gasteiger partial charge on any atom is -0.494 e. The van der Waals surface area contributed by atoms with Gasteiger partial charge in [-0.2, -0.15) is 0 Å². The lowest BCUT2D eigenvalue weighted by Crippen LogP contribution is -2.42. The van der Waals surface area contributed by atoms with E-state index in [9.17, 15) is 4.79 Å². The maximum absolute atomic E-state index is 12.5. The first kappa shape index (κ1) is 19.6. The number of hydrogen-bond donors (Lipinski definition) is 1. The van der Waals surface area contributed by atoms with Gasteiger partial charge in [0.1, 0.15) is 11.4 Å². The third kappa shape index (κ3) is 5.19. The van der Waals surface area contributed by atoms with Crippen molar-refractivity contribution in [1.29, 1.82) is 0 Å². The van der Waals surface area contributed by atoms with E-state index in [1.165, 1.54) is 24.6 Å². The second kappa shape index (κ2) is 8.72. The molecule has 2 heterocycles. The van der Waals surface area contributed by atoms with E-state index >= 15 is 0 Å². The van der Waals surface area contributed by atoms with Gasteiger partial charge in [-0.3, -0.25) is 0 Å². The number of hydrogen-bond acceptors (Lipinski definition) is 4. The van der Waals surface area contributed by atoms with E-state index in [4.69, 9.17) is 9.26 Å². The van der Waals surface area contributed by atoms with Gasteiger partial charge in [0.2, 0.25) is 0 Å². The number of likely N-dealkylation sites (tertiary alicyclic amines) is 1. The van der Waals surface area contributed by atoms with Gasteiger partial charge in [0.05, 0.1) is 12.8 Å². The number of ether oxygens (including phenoxy) is 1. The van der Waals surface area contributed by atoms with Gasteiger partial charge in [-0.1, -0.05) is 48.7 Å². The lowest BCUT2D eigenvalue weighted by molar-refractivity contribution is 0.197. The predicted octanol–water partition coefficient (Wildman–Crippen LogP) is 5.12. The molecule has 154 valence electrons. The number of anilines is 1. The highest BCUT2D eigenvalue weighted by atomic mass is 16.5. The Balaban J connectivity index is 1.33. The van der Waals surface area contributed by atoms with Crippen LogP contribution < -0.4 is 10.1 Å². The third-order valence-electron chi connectivity index (χ3n) is 5.78. The molecule has 2 fully saturated rings. The molecule has 2 amide bonds. The number of piperidine rings is 1. The fourth-order valence-corrected chi connectivity index (χ4v) is 3.72. The van der Waals surface area contributed by atoms with Crippen LogP contribution in [0.25, 0.3) is 6.08 Å². The zero-order chi connectivity index (χ0) is 20.2. The quantitative estimate of drug-likeness (QED) is 0.737. The molecule has 1 saturated heterocycles. The molecule has 1 aromatic heterocycles. The summed E-state index contributed by atoms with van der Waals surface area (Å²) < 4.78 is 10.9. The van der Waals surface area contributed by atoms with Gasteiger partial charge in [-0.25, -0.2) is 4.79 Å². The number of carbonyl (C=O) groups excluding carboxylic acids is 1. The number of carbonyl (C=O) groups is 1. The van der Waals surface area contributed by atoms with Gasteiger partial charge in [0.15, 0.2) is 5.76 Å². The molecule has 0 spiro atoms. The van der Waals surface area contributed by atoms with Gasteiger partial charge >= 0.3 is 6.03 Å². The molecule has 1 aromatic carbocycles. The van der Waals surface area contributed by atoms with Crippen LogP contribution in [0, 0.1) is 18.8 Å². The van der Waals surface area contributed by atoms with Gasteiger partial charge < -0.3 is 19.5 Å². The molecule has 4 rings (SSSR count). The first-order valence-electron chi connectivity index (χ1n) is 10.5. The Kier molecular flexibility index (Phi) is 5.88. The van der Waals surface area contributed by atoms with Crippen molar-refractivity contribution in [2.24, 2.45) is 11.8 Å². The number of rotatable bonds is 6. The summed E-state index contributed by atoms with van der Waals surface area (Å²) in [4.78, 5) is 14.4. The smallest absolute Gasteiger partial charge is 0.322 e. The van der Waals surface area contributed by atoms with Crippen LogP contribution in [0.4, 0.5) is 10.5 Å². The second-order valence-electron chi connectivity index (χ2n) is 8.20. The first-order valence-corrected chi connectivity index (χ1v) is 10.5. The van der Waals surface area contributed by atoms with Crippen molar-refractivity contribution in [3.8, 4) is 5.75 Å². The standard InChI is InChI=1S/C23H29N3O3/c1-16-15-26(23(27)25-22-14-24-29-17(22)2)10-8-20(16)12-19-4-3-5-21(13-19)28-11-9-18-6-7-18/h3-5,12-14,16,18H,6-11,15H2,1-2H3,(H,25,27). The molecule has 2 aromatic rings. The van der Waals surface area contributed by atoms with Crippen molar-refractivity contribution in [2.45, 2.75) is 39.5 Å². The predicted molar refractivity (Wildman–Crippen MR) is 113 cm³/mol. The summed E-state index contributed by atoms with van der Waals surface area (Å²) in [7, 11) is 0. The molecule has 1 aliphatic heterocycles. The molecule has 1 atom stereocenters. The molecule has 0 bridgehead atoms. The Bertz CT molecular complexity index is 885. The molecule has 6 nitrogen and oxygen atoms in total. The van der Waals surface area contributed by atoms with Crippen LogP contribution >= 0.6 is 0 Å². The number of aromatic nitrogens is 1. The minimum absolute atomic E-state index is 0.103. The van der Waals surface area contributed by atoms with E-state index in [1.807, 2.05) is 17.0 Å². The Labute approximate surface area is 171 Å². The van der Waals surface area contributed by atoms with Crippen LogP contribution in [-0.4, -0.2) is 35.8 Å². The number of amides is 2. The molecule has 2 aliphatic rings. The average Bonchev–Trinajstić information content (AvgIpc) is 3.45. The van der Waals surface area contributed by atoms with Crippen LogP contribution in [0.5, 0.6) is 5.75 Å². The minimum atomic E-state index is -0.103. The number of nitrogens with zero attached hydrogens (tertiary/aromatic N) is 2. The van der Waals surface area contributed by atoms with E-state index in [1.54, 1.807) is 6.92 Å². The van der Waals surface area contributed by atoms with Gasteiger partial charge in [0, 0.05) is 13.1 Å². The highest BCUT2D eigenvalue weighted by Gasteiger charge is 2.25. The molecular weight excluding hydrogens is 366 g/mol. The highest BCUT2D eigenvalue weighted by Crippen LogP contribution is 2.32. The number of aryl methyl sites for hydroxylation is 1. The van der Waals surface area contributed by atoms with E-state index in [2.05, 4.69) is 35.6 Å². The third-order valence-corrected chi connectivity index (χ3v) is 5.78. The monoisotopic (exact) mass is 395 g/mol.